The summed E-state index contributed by atoms with van der Waals surface area (Å²) in [7, 11) is 0. The molecule has 2 rings (SSSR count). The molecule has 0 saturated heterocycles. The molecule has 3 nitrogen and oxygen atoms in total. The highest BCUT2D eigenvalue weighted by atomic mass is 16.4. The van der Waals surface area contributed by atoms with Gasteiger partial charge in [-0.3, -0.25) is 0 Å². The van der Waals surface area contributed by atoms with Gasteiger partial charge in [-0.2, -0.15) is 4.58 Å². The van der Waals surface area contributed by atoms with Gasteiger partial charge in [0, 0.05) is 30.9 Å². The Kier molecular flexibility index (Phi) is 2.77. The van der Waals surface area contributed by atoms with Crippen molar-refractivity contribution in [1.29, 1.82) is 0 Å². The molecule has 0 bridgehead atoms. The lowest BCUT2D eigenvalue weighted by atomic mass is 9.82. The topological polar surface area (TPSA) is 43.1 Å². The van der Waals surface area contributed by atoms with Crippen LogP contribution < -0.4 is 5.11 Å². The predicted octanol–water partition coefficient (Wildman–Crippen LogP) is 1.22. The van der Waals surface area contributed by atoms with Gasteiger partial charge >= 0.3 is 0 Å². The van der Waals surface area contributed by atoms with Crippen LogP contribution in [0.15, 0.2) is 24.3 Å². The lowest BCUT2D eigenvalue weighted by molar-refractivity contribution is -0.441. The van der Waals surface area contributed by atoms with E-state index in [1.807, 2.05) is 18.2 Å². The maximum absolute atomic E-state index is 10.6. The van der Waals surface area contributed by atoms with Crippen LogP contribution in [0.4, 0.5) is 5.69 Å². The fraction of sp³-hybridized carbons (Fsp3) is 0.429. The second-order valence-corrected chi connectivity index (χ2v) is 5.00. The number of carbonyl (C=O) groups excluding carboxylic acids is 1. The fourth-order valence-corrected chi connectivity index (χ4v) is 2.44. The second kappa shape index (κ2) is 3.99. The number of rotatable bonds is 3. The van der Waals surface area contributed by atoms with E-state index in [4.69, 9.17) is 0 Å². The van der Waals surface area contributed by atoms with Crippen LogP contribution in [-0.2, 0) is 10.2 Å². The number of carboxylic acids is 1. The van der Waals surface area contributed by atoms with Crippen molar-refractivity contribution in [3.8, 4) is 0 Å². The van der Waals surface area contributed by atoms with Gasteiger partial charge < -0.3 is 9.90 Å². The van der Waals surface area contributed by atoms with Crippen molar-refractivity contribution in [3.63, 3.8) is 0 Å². The summed E-state index contributed by atoms with van der Waals surface area (Å²) in [5.74, 6) is -1.00. The van der Waals surface area contributed by atoms with E-state index in [0.29, 0.717) is 6.54 Å². The molecule has 1 aromatic carbocycles. The predicted molar refractivity (Wildman–Crippen MR) is 64.6 cm³/mol. The average molecular weight is 231 g/mol. The Morgan fingerprint density at radius 3 is 2.65 bits per heavy atom. The first-order valence-corrected chi connectivity index (χ1v) is 5.85. The zero-order valence-electron chi connectivity index (χ0n) is 10.5. The van der Waals surface area contributed by atoms with Crippen LogP contribution in [0.1, 0.15) is 32.8 Å². The van der Waals surface area contributed by atoms with E-state index in [1.165, 1.54) is 11.3 Å². The second-order valence-electron chi connectivity index (χ2n) is 5.00. The molecule has 0 saturated carbocycles. The van der Waals surface area contributed by atoms with Crippen LogP contribution in [-0.4, -0.2) is 22.8 Å². The van der Waals surface area contributed by atoms with Crippen LogP contribution in [0.5, 0.6) is 0 Å². The van der Waals surface area contributed by atoms with E-state index in [-0.39, 0.29) is 11.8 Å². The van der Waals surface area contributed by atoms with Crippen molar-refractivity contribution in [1.82, 2.24) is 0 Å². The highest BCUT2D eigenvalue weighted by Crippen LogP contribution is 2.38. The fourth-order valence-electron chi connectivity index (χ4n) is 2.44. The van der Waals surface area contributed by atoms with Crippen molar-refractivity contribution in [2.75, 3.05) is 6.54 Å². The summed E-state index contributed by atoms with van der Waals surface area (Å²) in [6, 6.07) is 8.16. The van der Waals surface area contributed by atoms with Gasteiger partial charge in [0.1, 0.15) is 0 Å². The number of fused-ring (bicyclic) bond motifs is 1. The Morgan fingerprint density at radius 1 is 1.35 bits per heavy atom. The molecule has 0 amide bonds. The number of aliphatic carboxylic acids is 1. The highest BCUT2D eigenvalue weighted by molar-refractivity contribution is 5.93. The lowest BCUT2D eigenvalue weighted by Gasteiger charge is -2.14. The average Bonchev–Trinajstić information content (AvgIpc) is 2.47. The number of benzene rings is 1. The molecule has 0 unspecified atom stereocenters. The van der Waals surface area contributed by atoms with Gasteiger partial charge in [0.15, 0.2) is 12.3 Å². The van der Waals surface area contributed by atoms with Crippen molar-refractivity contribution in [2.45, 2.75) is 32.6 Å². The monoisotopic (exact) mass is 231 g/mol. The van der Waals surface area contributed by atoms with Crippen molar-refractivity contribution < 1.29 is 14.5 Å². The third-order valence-electron chi connectivity index (χ3n) is 3.72. The van der Waals surface area contributed by atoms with E-state index in [2.05, 4.69) is 31.4 Å². The van der Waals surface area contributed by atoms with E-state index in [1.54, 1.807) is 0 Å². The van der Waals surface area contributed by atoms with Crippen LogP contribution in [0.2, 0.25) is 0 Å². The number of carbonyl (C=O) groups is 1. The van der Waals surface area contributed by atoms with E-state index < -0.39 is 5.97 Å². The number of nitrogens with zero attached hydrogens (tertiary/aromatic N) is 1. The number of hydrogen-bond acceptors (Lipinski definition) is 2. The van der Waals surface area contributed by atoms with Crippen LogP contribution >= 0.6 is 0 Å². The van der Waals surface area contributed by atoms with Gasteiger partial charge in [-0.05, 0) is 13.8 Å². The Labute approximate surface area is 101 Å². The van der Waals surface area contributed by atoms with Crippen molar-refractivity contribution >= 4 is 17.4 Å². The third kappa shape index (κ3) is 1.86. The third-order valence-corrected chi connectivity index (χ3v) is 3.72. The Hall–Kier alpha value is -1.64. The molecular weight excluding hydrogens is 214 g/mol. The van der Waals surface area contributed by atoms with Gasteiger partial charge in [0.05, 0.1) is 5.41 Å². The molecule has 0 spiro atoms. The molecular formula is C14H17NO2. The maximum Gasteiger partial charge on any atom is 0.209 e. The lowest BCUT2D eigenvalue weighted by Crippen LogP contribution is -2.29. The Balaban J connectivity index is 2.43. The quantitative estimate of drug-likeness (QED) is 0.734. The molecule has 0 fully saturated rings. The summed E-state index contributed by atoms with van der Waals surface area (Å²) in [5, 5.41) is 10.6. The first-order valence-electron chi connectivity index (χ1n) is 5.85. The van der Waals surface area contributed by atoms with Gasteiger partial charge in [-0.1, -0.05) is 18.2 Å². The molecule has 0 N–H and O–H groups in total. The molecule has 1 heterocycles. The van der Waals surface area contributed by atoms with Crippen LogP contribution in [0.25, 0.3) is 0 Å². The minimum atomic E-state index is -1.00. The Bertz CT molecular complexity index is 501. The molecule has 3 heteroatoms. The summed E-state index contributed by atoms with van der Waals surface area (Å²) < 4.78 is 2.09. The number of carboxylic acid groups (broad SMARTS) is 1. The van der Waals surface area contributed by atoms with Gasteiger partial charge in [-0.15, -0.1) is 0 Å². The smallest absolute Gasteiger partial charge is 0.209 e. The molecule has 17 heavy (non-hydrogen) atoms. The van der Waals surface area contributed by atoms with Crippen LogP contribution in [0, 0.1) is 0 Å². The van der Waals surface area contributed by atoms with Crippen LogP contribution in [0.3, 0.4) is 0 Å². The van der Waals surface area contributed by atoms with Crippen molar-refractivity contribution in [3.05, 3.63) is 29.8 Å². The molecule has 1 aliphatic heterocycles. The zero-order chi connectivity index (χ0) is 12.6. The molecule has 0 aromatic heterocycles. The molecule has 1 aromatic rings. The van der Waals surface area contributed by atoms with E-state index >= 15 is 0 Å². The summed E-state index contributed by atoms with van der Waals surface area (Å²) in [6.07, 6.45) is 0.0573. The Morgan fingerprint density at radius 2 is 2.00 bits per heavy atom. The SMILES string of the molecule is CC1=[N+](CCC(=O)[O-])c2ccccc2C1(C)C. The molecule has 1 aliphatic rings. The summed E-state index contributed by atoms with van der Waals surface area (Å²) in [5.41, 5.74) is 3.55. The molecule has 0 atom stereocenters. The molecule has 0 aliphatic carbocycles. The summed E-state index contributed by atoms with van der Waals surface area (Å²) in [6.45, 7) is 6.88. The van der Waals surface area contributed by atoms with Crippen molar-refractivity contribution in [2.24, 2.45) is 0 Å². The number of para-hydroxylation sites is 1. The van der Waals surface area contributed by atoms with Gasteiger partial charge in [0.25, 0.3) is 0 Å². The van der Waals surface area contributed by atoms with E-state index in [9.17, 15) is 9.90 Å². The standard InChI is InChI=1S/C14H17NO2/c1-10-14(2,3)11-6-4-5-7-12(11)15(10)9-8-13(16)17/h4-7H,8-9H2,1-3H3. The van der Waals surface area contributed by atoms with Gasteiger partial charge in [0.2, 0.25) is 5.69 Å². The molecule has 90 valence electrons. The van der Waals surface area contributed by atoms with E-state index in [0.717, 1.165) is 5.69 Å². The largest absolute Gasteiger partial charge is 0.550 e. The molecule has 0 radical (unpaired) electrons. The minimum absolute atomic E-state index is 0.0253. The number of hydrogen-bond donors (Lipinski definition) is 0. The highest BCUT2D eigenvalue weighted by Gasteiger charge is 2.42. The van der Waals surface area contributed by atoms with Gasteiger partial charge in [-0.25, -0.2) is 0 Å². The summed E-state index contributed by atoms with van der Waals surface area (Å²) >= 11 is 0. The zero-order valence-corrected chi connectivity index (χ0v) is 10.5. The maximum atomic E-state index is 10.6. The first-order chi connectivity index (χ1) is 7.94. The summed E-state index contributed by atoms with van der Waals surface area (Å²) in [4.78, 5) is 10.6. The minimum Gasteiger partial charge on any atom is -0.550 e. The normalized spacial score (nSPS) is 17.1. The first kappa shape index (κ1) is 11.8.